The molecule has 0 rings (SSSR count). The maximum Gasteiger partial charge on any atom is 0.305 e. The maximum absolute atomic E-state index is 13.3. The minimum atomic E-state index is -1.28. The van der Waals surface area contributed by atoms with E-state index < -0.39 is 110 Å². The highest BCUT2D eigenvalue weighted by atomic mass is 16.4. The summed E-state index contributed by atoms with van der Waals surface area (Å²) in [6, 6.07) is -4.88. The number of carboxylic acids is 1. The summed E-state index contributed by atoms with van der Waals surface area (Å²) in [5, 5.41) is 62.6. The van der Waals surface area contributed by atoms with Gasteiger partial charge in [-0.05, 0) is 36.5 Å². The lowest BCUT2D eigenvalue weighted by Crippen LogP contribution is -2.54. The molecule has 0 saturated carbocycles. The van der Waals surface area contributed by atoms with Gasteiger partial charge in [0.15, 0.2) is 0 Å². The first-order chi connectivity index (χ1) is 24.7. The highest BCUT2D eigenvalue weighted by Gasteiger charge is 2.34. The van der Waals surface area contributed by atoms with E-state index in [1.165, 1.54) is 0 Å². The predicted molar refractivity (Wildman–Crippen MR) is 198 cm³/mol. The van der Waals surface area contributed by atoms with Crippen LogP contribution in [-0.4, -0.2) is 124 Å². The van der Waals surface area contributed by atoms with E-state index in [4.69, 9.17) is 5.73 Å². The molecule has 0 aromatic heterocycles. The van der Waals surface area contributed by atoms with Crippen LogP contribution in [0.5, 0.6) is 0 Å². The standard InChI is InChI=1S/C36H68N6O11/c1-19(2)9-23(38-35(52)25(15-43)29(17-45)41-32(48)13-27(37)21(5)6)11-31(47)40-28(22(7)8)14-33(49)42-30(18-46)26(16-44)36(53)39-24(10-20(3)4)12-34(50)51/h19-30,43-46H,9-18,37H2,1-8H3,(H,38,52)(H,39,53)(H,40,47)(H,41,48)(H,42,49)(H,50,51)/t23-,24-,25-,26-,27+,28+,29-,30-/m0/s1. The highest BCUT2D eigenvalue weighted by molar-refractivity contribution is 5.85. The SMILES string of the molecule is CC(C)C[C@@H](CC(=O)O)NC(=O)[C@@H](CO)[C@H](CO)NC(=O)C[C@@H](NC(=O)C[C@H](CC(C)C)NC(=O)[C@@H](CO)[C@H](CO)NC(=O)C[C@@H](N)C(C)C)C(C)C. The number of nitrogens with two attached hydrogens (primary N) is 1. The Kier molecular flexibility index (Phi) is 24.0. The first-order valence-corrected chi connectivity index (χ1v) is 18.6. The summed E-state index contributed by atoms with van der Waals surface area (Å²) >= 11 is 0. The lowest BCUT2D eigenvalue weighted by molar-refractivity contribution is -0.138. The number of carboxylic acid groups (broad SMARTS) is 1. The first-order valence-electron chi connectivity index (χ1n) is 18.6. The van der Waals surface area contributed by atoms with Crippen LogP contribution in [-0.2, 0) is 28.8 Å². The summed E-state index contributed by atoms with van der Waals surface area (Å²) in [6.07, 6.45) is -0.0803. The van der Waals surface area contributed by atoms with Gasteiger partial charge in [0.25, 0.3) is 0 Å². The van der Waals surface area contributed by atoms with Crippen molar-refractivity contribution in [3.8, 4) is 0 Å². The zero-order chi connectivity index (χ0) is 41.0. The Labute approximate surface area is 314 Å². The van der Waals surface area contributed by atoms with Crippen molar-refractivity contribution in [2.24, 2.45) is 41.2 Å². The van der Waals surface area contributed by atoms with Gasteiger partial charge in [0, 0.05) is 43.4 Å². The molecular weight excluding hydrogens is 692 g/mol. The number of amides is 5. The van der Waals surface area contributed by atoms with Crippen molar-refractivity contribution >= 4 is 35.5 Å². The molecule has 0 aromatic carbocycles. The monoisotopic (exact) mass is 760 g/mol. The lowest BCUT2D eigenvalue weighted by Gasteiger charge is -2.29. The summed E-state index contributed by atoms with van der Waals surface area (Å²) in [6.45, 7) is 12.0. The maximum atomic E-state index is 13.3. The Morgan fingerprint density at radius 2 is 0.868 bits per heavy atom. The van der Waals surface area contributed by atoms with Crippen molar-refractivity contribution in [3.05, 3.63) is 0 Å². The summed E-state index contributed by atoms with van der Waals surface area (Å²) < 4.78 is 0. The molecule has 0 aliphatic rings. The molecule has 0 heterocycles. The quantitative estimate of drug-likeness (QED) is 0.0480. The van der Waals surface area contributed by atoms with E-state index in [1.807, 2.05) is 41.5 Å². The van der Waals surface area contributed by atoms with Gasteiger partial charge in [-0.1, -0.05) is 55.4 Å². The van der Waals surface area contributed by atoms with Crippen molar-refractivity contribution in [2.75, 3.05) is 26.4 Å². The molecule has 12 N–H and O–H groups in total. The molecule has 0 aliphatic heterocycles. The second-order valence-electron chi connectivity index (χ2n) is 15.5. The van der Waals surface area contributed by atoms with Gasteiger partial charge >= 0.3 is 5.97 Å². The van der Waals surface area contributed by atoms with Gasteiger partial charge in [-0.2, -0.15) is 0 Å². The van der Waals surface area contributed by atoms with Crippen LogP contribution in [0.1, 0.15) is 93.9 Å². The van der Waals surface area contributed by atoms with E-state index in [9.17, 15) is 54.3 Å². The van der Waals surface area contributed by atoms with Crippen LogP contribution in [0.4, 0.5) is 0 Å². The number of carbonyl (C=O) groups excluding carboxylic acids is 5. The van der Waals surface area contributed by atoms with Crippen LogP contribution < -0.4 is 32.3 Å². The first kappa shape index (κ1) is 49.6. The van der Waals surface area contributed by atoms with Gasteiger partial charge in [-0.25, -0.2) is 0 Å². The smallest absolute Gasteiger partial charge is 0.305 e. The zero-order valence-corrected chi connectivity index (χ0v) is 32.8. The summed E-state index contributed by atoms with van der Waals surface area (Å²) in [7, 11) is 0. The third kappa shape index (κ3) is 20.0. The average molecular weight is 761 g/mol. The molecule has 17 nitrogen and oxygen atoms in total. The molecule has 0 aliphatic carbocycles. The Balaban J connectivity index is 5.67. The molecule has 17 heteroatoms. The Morgan fingerprint density at radius 3 is 1.21 bits per heavy atom. The minimum Gasteiger partial charge on any atom is -0.481 e. The van der Waals surface area contributed by atoms with Crippen molar-refractivity contribution in [1.82, 2.24) is 26.6 Å². The van der Waals surface area contributed by atoms with Crippen LogP contribution >= 0.6 is 0 Å². The fourth-order valence-corrected chi connectivity index (χ4v) is 5.81. The van der Waals surface area contributed by atoms with E-state index in [-0.39, 0.29) is 49.4 Å². The summed E-state index contributed by atoms with van der Waals surface area (Å²) in [5.74, 6) is -6.73. The van der Waals surface area contributed by atoms with Crippen molar-refractivity contribution in [3.63, 3.8) is 0 Å². The number of nitrogens with one attached hydrogen (secondary N) is 5. The molecule has 5 amide bonds. The molecule has 308 valence electrons. The van der Waals surface area contributed by atoms with Crippen LogP contribution in [0.25, 0.3) is 0 Å². The molecule has 53 heavy (non-hydrogen) atoms. The number of aliphatic hydroxyl groups excluding tert-OH is 4. The highest BCUT2D eigenvalue weighted by Crippen LogP contribution is 2.15. The van der Waals surface area contributed by atoms with Crippen molar-refractivity contribution < 1.29 is 54.3 Å². The number of hydrogen-bond donors (Lipinski definition) is 11. The van der Waals surface area contributed by atoms with Gasteiger partial charge < -0.3 is 57.9 Å². The van der Waals surface area contributed by atoms with Crippen molar-refractivity contribution in [2.45, 2.75) is 130 Å². The Hall–Kier alpha value is -3.38. The fourth-order valence-electron chi connectivity index (χ4n) is 5.81. The van der Waals surface area contributed by atoms with Gasteiger partial charge in [-0.15, -0.1) is 0 Å². The largest absolute Gasteiger partial charge is 0.481 e. The fraction of sp³-hybridized carbons (Fsp3) is 0.833. The van der Waals surface area contributed by atoms with E-state index in [2.05, 4.69) is 26.6 Å². The molecular formula is C36H68N6O11. The van der Waals surface area contributed by atoms with Crippen LogP contribution in [0, 0.1) is 35.5 Å². The lowest BCUT2D eigenvalue weighted by atomic mass is 9.95. The van der Waals surface area contributed by atoms with Crippen LogP contribution in [0.2, 0.25) is 0 Å². The third-order valence-corrected chi connectivity index (χ3v) is 9.02. The van der Waals surface area contributed by atoms with Gasteiger partial charge in [0.05, 0.1) is 56.8 Å². The van der Waals surface area contributed by atoms with Gasteiger partial charge in [0.1, 0.15) is 0 Å². The topological polar surface area (TPSA) is 290 Å². The minimum absolute atomic E-state index is 0.0213. The summed E-state index contributed by atoms with van der Waals surface area (Å²) in [5.41, 5.74) is 5.97. The molecule has 8 atom stereocenters. The Morgan fingerprint density at radius 1 is 0.491 bits per heavy atom. The van der Waals surface area contributed by atoms with Gasteiger partial charge in [-0.3, -0.25) is 28.8 Å². The number of aliphatic hydroxyl groups is 4. The number of carbonyl (C=O) groups is 6. The molecule has 0 spiro atoms. The number of aliphatic carboxylic acids is 1. The number of rotatable bonds is 27. The van der Waals surface area contributed by atoms with Crippen LogP contribution in [0.3, 0.4) is 0 Å². The molecule has 0 fully saturated rings. The second kappa shape index (κ2) is 25.6. The molecule has 0 radical (unpaired) electrons. The zero-order valence-electron chi connectivity index (χ0n) is 32.8. The Bertz CT molecular complexity index is 1150. The van der Waals surface area contributed by atoms with Crippen LogP contribution in [0.15, 0.2) is 0 Å². The molecule has 0 bridgehead atoms. The summed E-state index contributed by atoms with van der Waals surface area (Å²) in [4.78, 5) is 76.6. The third-order valence-electron chi connectivity index (χ3n) is 9.02. The van der Waals surface area contributed by atoms with E-state index in [0.717, 1.165) is 0 Å². The van der Waals surface area contributed by atoms with E-state index >= 15 is 0 Å². The average Bonchev–Trinajstić information content (AvgIpc) is 3.02. The molecule has 0 saturated heterocycles. The van der Waals surface area contributed by atoms with Gasteiger partial charge in [0.2, 0.25) is 29.5 Å². The molecule has 0 unspecified atom stereocenters. The van der Waals surface area contributed by atoms with E-state index in [1.54, 1.807) is 13.8 Å². The normalized spacial score (nSPS) is 16.2. The predicted octanol–water partition coefficient (Wildman–Crippen LogP) is -1.01. The van der Waals surface area contributed by atoms with E-state index in [0.29, 0.717) is 12.8 Å². The number of hydrogen-bond acceptors (Lipinski definition) is 11. The molecule has 0 aromatic rings. The second-order valence-corrected chi connectivity index (χ2v) is 15.5. The van der Waals surface area contributed by atoms with Crippen molar-refractivity contribution in [1.29, 1.82) is 0 Å².